The minimum absolute atomic E-state index is 0.146. The Hall–Kier alpha value is -3.41. The average molecular weight is 376 g/mol. The molecule has 2 aromatic carbocycles. The molecule has 3 rings (SSSR count). The molecule has 0 atom stereocenters. The van der Waals surface area contributed by atoms with Crippen LogP contribution in [0.25, 0.3) is 0 Å². The summed E-state index contributed by atoms with van der Waals surface area (Å²) in [5.41, 5.74) is 2.37. The van der Waals surface area contributed by atoms with Crippen LogP contribution in [-0.4, -0.2) is 36.1 Å². The van der Waals surface area contributed by atoms with E-state index in [-0.39, 0.29) is 5.91 Å². The van der Waals surface area contributed by atoms with E-state index in [1.165, 1.54) is 0 Å². The van der Waals surface area contributed by atoms with Crippen LogP contribution in [0.3, 0.4) is 0 Å². The monoisotopic (exact) mass is 376 g/mol. The van der Waals surface area contributed by atoms with Crippen LogP contribution in [-0.2, 0) is 6.42 Å². The number of anilines is 2. The first-order valence-electron chi connectivity index (χ1n) is 9.28. The fraction of sp³-hybridized carbons (Fsp3) is 0.227. The van der Waals surface area contributed by atoms with Gasteiger partial charge in [0.15, 0.2) is 0 Å². The van der Waals surface area contributed by atoms with Crippen LogP contribution in [0.5, 0.6) is 5.75 Å². The zero-order chi connectivity index (χ0) is 19.8. The van der Waals surface area contributed by atoms with Crippen molar-refractivity contribution >= 4 is 17.5 Å². The van der Waals surface area contributed by atoms with Crippen LogP contribution in [0.4, 0.5) is 11.6 Å². The van der Waals surface area contributed by atoms with E-state index in [9.17, 15) is 4.79 Å². The molecule has 0 spiro atoms. The zero-order valence-electron chi connectivity index (χ0n) is 16.1. The smallest absolute Gasteiger partial charge is 0.277 e. The second-order valence-electron chi connectivity index (χ2n) is 6.18. The molecule has 0 fully saturated rings. The number of carbonyl (C=O) groups is 1. The Labute approximate surface area is 165 Å². The number of nitrogens with zero attached hydrogens (tertiary/aromatic N) is 3. The summed E-state index contributed by atoms with van der Waals surface area (Å²) in [5.74, 6) is 1.13. The third kappa shape index (κ3) is 4.85. The Morgan fingerprint density at radius 3 is 2.68 bits per heavy atom. The lowest BCUT2D eigenvalue weighted by Gasteiger charge is -2.20. The minimum atomic E-state index is -0.146. The number of ether oxygens (including phenoxy) is 1. The molecule has 3 aromatic rings. The van der Waals surface area contributed by atoms with Gasteiger partial charge in [0.2, 0.25) is 5.95 Å². The number of nitrogens with one attached hydrogen (secondary N) is 1. The van der Waals surface area contributed by atoms with Gasteiger partial charge in [-0.25, -0.2) is 9.97 Å². The fourth-order valence-corrected chi connectivity index (χ4v) is 2.90. The first-order chi connectivity index (χ1) is 13.7. The van der Waals surface area contributed by atoms with Crippen LogP contribution in [0.1, 0.15) is 23.0 Å². The highest BCUT2D eigenvalue weighted by Gasteiger charge is 2.17. The van der Waals surface area contributed by atoms with Crippen LogP contribution >= 0.6 is 0 Å². The van der Waals surface area contributed by atoms with E-state index in [0.29, 0.717) is 24.7 Å². The molecule has 1 aromatic heterocycles. The molecule has 0 bridgehead atoms. The third-order valence-corrected chi connectivity index (χ3v) is 4.33. The van der Waals surface area contributed by atoms with Gasteiger partial charge in [-0.1, -0.05) is 30.3 Å². The van der Waals surface area contributed by atoms with E-state index in [0.717, 1.165) is 23.4 Å². The van der Waals surface area contributed by atoms with Gasteiger partial charge in [-0.3, -0.25) is 4.79 Å². The predicted molar refractivity (Wildman–Crippen MR) is 111 cm³/mol. The Morgan fingerprint density at radius 1 is 1.11 bits per heavy atom. The van der Waals surface area contributed by atoms with Crippen molar-refractivity contribution in [3.63, 3.8) is 0 Å². The summed E-state index contributed by atoms with van der Waals surface area (Å²) in [6.07, 6.45) is 2.40. The maximum absolute atomic E-state index is 12.9. The molecule has 0 radical (unpaired) electrons. The van der Waals surface area contributed by atoms with E-state index in [4.69, 9.17) is 4.74 Å². The number of rotatable bonds is 8. The standard InChI is InChI=1S/C22H24N4O2/c1-3-26(18-9-5-4-6-10-18)21(27)20-13-15-24-22(25-20)23-14-12-17-8-7-11-19(16-17)28-2/h4-11,13,15-16H,3,12,14H2,1-2H3,(H,23,24,25). The molecule has 0 aliphatic heterocycles. The highest BCUT2D eigenvalue weighted by molar-refractivity contribution is 6.04. The Kier molecular flexibility index (Phi) is 6.57. The van der Waals surface area contributed by atoms with Gasteiger partial charge in [-0.15, -0.1) is 0 Å². The first-order valence-corrected chi connectivity index (χ1v) is 9.28. The van der Waals surface area contributed by atoms with Crippen molar-refractivity contribution in [2.45, 2.75) is 13.3 Å². The van der Waals surface area contributed by atoms with Gasteiger partial charge in [-0.2, -0.15) is 0 Å². The molecule has 1 amide bonds. The van der Waals surface area contributed by atoms with Crippen LogP contribution in [0.15, 0.2) is 66.9 Å². The van der Waals surface area contributed by atoms with E-state index in [1.807, 2.05) is 61.5 Å². The van der Waals surface area contributed by atoms with Crippen molar-refractivity contribution in [2.24, 2.45) is 0 Å². The van der Waals surface area contributed by atoms with Crippen molar-refractivity contribution in [1.29, 1.82) is 0 Å². The lowest BCUT2D eigenvalue weighted by atomic mass is 10.1. The number of benzene rings is 2. The third-order valence-electron chi connectivity index (χ3n) is 4.33. The number of carbonyl (C=O) groups excluding carboxylic acids is 1. The van der Waals surface area contributed by atoms with E-state index >= 15 is 0 Å². The fourth-order valence-electron chi connectivity index (χ4n) is 2.90. The van der Waals surface area contributed by atoms with E-state index in [1.54, 1.807) is 24.3 Å². The van der Waals surface area contributed by atoms with Gasteiger partial charge in [0, 0.05) is 25.0 Å². The summed E-state index contributed by atoms with van der Waals surface area (Å²) < 4.78 is 5.24. The highest BCUT2D eigenvalue weighted by Crippen LogP contribution is 2.16. The van der Waals surface area contributed by atoms with Crippen molar-refractivity contribution in [3.05, 3.63) is 78.1 Å². The molecule has 144 valence electrons. The maximum atomic E-state index is 12.9. The van der Waals surface area contributed by atoms with Crippen LogP contribution in [0, 0.1) is 0 Å². The molecule has 6 nitrogen and oxygen atoms in total. The summed E-state index contributed by atoms with van der Waals surface area (Å²) in [4.78, 5) is 23.2. The SMILES string of the molecule is CCN(C(=O)c1ccnc(NCCc2cccc(OC)c2)n1)c1ccccc1. The molecular weight excluding hydrogens is 352 g/mol. The summed E-state index contributed by atoms with van der Waals surface area (Å²) >= 11 is 0. The average Bonchev–Trinajstić information content (AvgIpc) is 2.75. The zero-order valence-corrected chi connectivity index (χ0v) is 16.1. The van der Waals surface area contributed by atoms with Crippen molar-refractivity contribution in [1.82, 2.24) is 9.97 Å². The van der Waals surface area contributed by atoms with Crippen LogP contribution < -0.4 is 15.0 Å². The lowest BCUT2D eigenvalue weighted by molar-refractivity contribution is 0.0983. The molecule has 1 heterocycles. The van der Waals surface area contributed by atoms with E-state index in [2.05, 4.69) is 15.3 Å². The van der Waals surface area contributed by atoms with Gasteiger partial charge in [0.1, 0.15) is 11.4 Å². The minimum Gasteiger partial charge on any atom is -0.497 e. The van der Waals surface area contributed by atoms with Gasteiger partial charge >= 0.3 is 0 Å². The quantitative estimate of drug-likeness (QED) is 0.648. The summed E-state index contributed by atoms with van der Waals surface area (Å²) in [6.45, 7) is 3.16. The van der Waals surface area contributed by atoms with Crippen molar-refractivity contribution in [3.8, 4) is 5.75 Å². The second-order valence-corrected chi connectivity index (χ2v) is 6.18. The lowest BCUT2D eigenvalue weighted by Crippen LogP contribution is -2.31. The summed E-state index contributed by atoms with van der Waals surface area (Å²) in [7, 11) is 1.66. The molecule has 0 aliphatic rings. The number of para-hydroxylation sites is 1. The van der Waals surface area contributed by atoms with Gasteiger partial charge in [-0.05, 0) is 49.2 Å². The topological polar surface area (TPSA) is 67.4 Å². The number of hydrogen-bond donors (Lipinski definition) is 1. The number of amides is 1. The Morgan fingerprint density at radius 2 is 1.93 bits per heavy atom. The van der Waals surface area contributed by atoms with Crippen molar-refractivity contribution < 1.29 is 9.53 Å². The van der Waals surface area contributed by atoms with Crippen molar-refractivity contribution in [2.75, 3.05) is 30.4 Å². The normalized spacial score (nSPS) is 10.4. The van der Waals surface area contributed by atoms with E-state index < -0.39 is 0 Å². The number of hydrogen-bond acceptors (Lipinski definition) is 5. The molecule has 0 saturated heterocycles. The van der Waals surface area contributed by atoms with Crippen LogP contribution in [0.2, 0.25) is 0 Å². The molecule has 0 aliphatic carbocycles. The molecule has 0 saturated carbocycles. The predicted octanol–water partition coefficient (Wildman–Crippen LogP) is 3.81. The second kappa shape index (κ2) is 9.50. The first kappa shape index (κ1) is 19.4. The maximum Gasteiger partial charge on any atom is 0.277 e. The Bertz CT molecular complexity index is 915. The summed E-state index contributed by atoms with van der Waals surface area (Å²) in [5, 5.41) is 3.19. The highest BCUT2D eigenvalue weighted by atomic mass is 16.5. The van der Waals surface area contributed by atoms with Gasteiger partial charge in [0.25, 0.3) is 5.91 Å². The molecule has 0 unspecified atom stereocenters. The molecule has 6 heteroatoms. The Balaban J connectivity index is 1.65. The summed E-state index contributed by atoms with van der Waals surface area (Å²) in [6, 6.07) is 19.1. The molecule has 28 heavy (non-hydrogen) atoms. The van der Waals surface area contributed by atoms with Gasteiger partial charge in [0.05, 0.1) is 7.11 Å². The molecular formula is C22H24N4O2. The van der Waals surface area contributed by atoms with Gasteiger partial charge < -0.3 is 15.0 Å². The number of methoxy groups -OCH3 is 1. The molecule has 1 N–H and O–H groups in total. The largest absolute Gasteiger partial charge is 0.497 e. The number of aromatic nitrogens is 2.